The van der Waals surface area contributed by atoms with Crippen LogP contribution in [0.5, 0.6) is 5.75 Å². The molecule has 146 valence electrons. The van der Waals surface area contributed by atoms with Gasteiger partial charge in [0.05, 0.1) is 27.3 Å². The Morgan fingerprint density at radius 3 is 2.62 bits per heavy atom. The number of aryl methyl sites for hydroxylation is 1. The van der Waals surface area contributed by atoms with E-state index < -0.39 is 15.6 Å². The minimum absolute atomic E-state index is 0.235. The third-order valence-corrected chi connectivity index (χ3v) is 5.85. The lowest BCUT2D eigenvalue weighted by Gasteiger charge is -2.06. The molecule has 0 radical (unpaired) electrons. The number of ether oxygens (including phenoxy) is 1. The van der Waals surface area contributed by atoms with E-state index in [0.29, 0.717) is 16.2 Å². The summed E-state index contributed by atoms with van der Waals surface area (Å²) in [7, 11) is -1.41. The van der Waals surface area contributed by atoms with Gasteiger partial charge in [0.1, 0.15) is 5.75 Å². The topological polar surface area (TPSA) is 68.6 Å². The average Bonchev–Trinajstić information content (AvgIpc) is 2.73. The summed E-state index contributed by atoms with van der Waals surface area (Å²) in [5.74, 6) is 6.04. The van der Waals surface area contributed by atoms with Crippen molar-refractivity contribution in [2.75, 3.05) is 13.4 Å². The van der Waals surface area contributed by atoms with Crippen molar-refractivity contribution >= 4 is 15.6 Å². The number of carbonyl (C=O) groups excluding carboxylic acids is 1. The van der Waals surface area contributed by atoms with E-state index in [9.17, 15) is 9.00 Å². The van der Waals surface area contributed by atoms with Gasteiger partial charge in [0.2, 0.25) is 0 Å². The Morgan fingerprint density at radius 1 is 1.07 bits per heavy atom. The highest BCUT2D eigenvalue weighted by molar-refractivity contribution is 7.93. The fraction of sp³-hybridized carbons (Fsp3) is 0.130. The molecule has 2 aromatic carbocycles. The molecule has 0 aliphatic heterocycles. The molecule has 0 fully saturated rings. The molecule has 3 rings (SSSR count). The summed E-state index contributed by atoms with van der Waals surface area (Å²) in [6, 6.07) is 16.1. The molecule has 5 nitrogen and oxygen atoms in total. The van der Waals surface area contributed by atoms with Crippen molar-refractivity contribution < 1.29 is 13.7 Å². The van der Waals surface area contributed by atoms with Crippen LogP contribution >= 0.6 is 0 Å². The fourth-order valence-corrected chi connectivity index (χ4v) is 3.77. The maximum atomic E-state index is 13.0. The molecule has 0 saturated carbocycles. The number of pyridine rings is 1. The second kappa shape index (κ2) is 8.72. The Balaban J connectivity index is 1.91. The SMILES string of the molecule is COc1cccc(S(C)(=O)=NC(=O)c2cncc(C#Cc3ccccc3C)c2)c1. The van der Waals surface area contributed by atoms with Crippen molar-refractivity contribution in [2.24, 2.45) is 4.36 Å². The minimum atomic E-state index is -2.93. The van der Waals surface area contributed by atoms with Gasteiger partial charge in [0, 0.05) is 29.8 Å². The number of carbonyl (C=O) groups is 1. The van der Waals surface area contributed by atoms with Crippen LogP contribution in [-0.4, -0.2) is 28.5 Å². The Hall–Kier alpha value is -3.43. The van der Waals surface area contributed by atoms with E-state index in [1.165, 1.54) is 19.6 Å². The number of hydrogen-bond donors (Lipinski definition) is 0. The second-order valence-corrected chi connectivity index (χ2v) is 8.66. The number of hydrogen-bond acceptors (Lipinski definition) is 4. The smallest absolute Gasteiger partial charge is 0.286 e. The zero-order valence-corrected chi connectivity index (χ0v) is 17.2. The summed E-state index contributed by atoms with van der Waals surface area (Å²) in [6.45, 7) is 1.98. The monoisotopic (exact) mass is 404 g/mol. The molecule has 1 aromatic heterocycles. The van der Waals surface area contributed by atoms with E-state index in [-0.39, 0.29) is 5.56 Å². The summed E-state index contributed by atoms with van der Waals surface area (Å²) >= 11 is 0. The van der Waals surface area contributed by atoms with Crippen LogP contribution < -0.4 is 4.74 Å². The highest BCUT2D eigenvalue weighted by Crippen LogP contribution is 2.19. The molecule has 6 heteroatoms. The quantitative estimate of drug-likeness (QED) is 0.617. The van der Waals surface area contributed by atoms with E-state index in [2.05, 4.69) is 21.2 Å². The highest BCUT2D eigenvalue weighted by atomic mass is 32.2. The Morgan fingerprint density at radius 2 is 1.86 bits per heavy atom. The molecule has 0 saturated heterocycles. The Kier molecular flexibility index (Phi) is 6.10. The number of rotatable bonds is 3. The molecular weight excluding hydrogens is 384 g/mol. The zero-order chi connectivity index (χ0) is 20.9. The summed E-state index contributed by atoms with van der Waals surface area (Å²) in [4.78, 5) is 17.1. The van der Waals surface area contributed by atoms with Crippen molar-refractivity contribution in [2.45, 2.75) is 11.8 Å². The third-order valence-electron chi connectivity index (χ3n) is 4.21. The van der Waals surface area contributed by atoms with Crippen molar-refractivity contribution in [1.29, 1.82) is 0 Å². The van der Waals surface area contributed by atoms with Gasteiger partial charge in [-0.25, -0.2) is 4.21 Å². The van der Waals surface area contributed by atoms with Gasteiger partial charge in [0.15, 0.2) is 0 Å². The minimum Gasteiger partial charge on any atom is -0.497 e. The predicted molar refractivity (Wildman–Crippen MR) is 113 cm³/mol. The van der Waals surface area contributed by atoms with Crippen molar-refractivity contribution in [3.8, 4) is 17.6 Å². The van der Waals surface area contributed by atoms with Gasteiger partial charge in [-0.05, 0) is 42.8 Å². The number of nitrogens with zero attached hydrogens (tertiary/aromatic N) is 2. The number of benzene rings is 2. The number of aromatic nitrogens is 1. The first-order valence-corrected chi connectivity index (χ1v) is 10.7. The molecule has 1 atom stereocenters. The van der Waals surface area contributed by atoms with E-state index in [0.717, 1.165) is 11.1 Å². The number of methoxy groups -OCH3 is 1. The fourth-order valence-electron chi connectivity index (χ4n) is 2.58. The first-order chi connectivity index (χ1) is 13.9. The van der Waals surface area contributed by atoms with Crippen LogP contribution in [0, 0.1) is 18.8 Å². The van der Waals surface area contributed by atoms with E-state index in [1.54, 1.807) is 36.5 Å². The summed E-state index contributed by atoms with van der Waals surface area (Å²) in [6.07, 6.45) is 4.40. The average molecular weight is 404 g/mol. The second-order valence-electron chi connectivity index (χ2n) is 6.41. The van der Waals surface area contributed by atoms with E-state index >= 15 is 0 Å². The van der Waals surface area contributed by atoms with Gasteiger partial charge in [-0.1, -0.05) is 36.1 Å². The molecule has 1 amide bonds. The number of amides is 1. The van der Waals surface area contributed by atoms with Crippen LogP contribution in [0.25, 0.3) is 0 Å². The normalized spacial score (nSPS) is 12.2. The molecule has 1 unspecified atom stereocenters. The molecule has 0 aliphatic rings. The largest absolute Gasteiger partial charge is 0.497 e. The molecule has 1 heterocycles. The predicted octanol–water partition coefficient (Wildman–Crippen LogP) is 4.10. The van der Waals surface area contributed by atoms with Gasteiger partial charge in [0.25, 0.3) is 5.91 Å². The first-order valence-electron chi connectivity index (χ1n) is 8.82. The lowest BCUT2D eigenvalue weighted by molar-refractivity contribution is 0.100. The molecule has 0 aliphatic carbocycles. The third kappa shape index (κ3) is 5.09. The lowest BCUT2D eigenvalue weighted by Crippen LogP contribution is -2.05. The molecule has 3 aromatic rings. The van der Waals surface area contributed by atoms with Crippen LogP contribution in [0.2, 0.25) is 0 Å². The highest BCUT2D eigenvalue weighted by Gasteiger charge is 2.13. The summed E-state index contributed by atoms with van der Waals surface area (Å²) in [5, 5.41) is 0. The molecule has 0 bridgehead atoms. The van der Waals surface area contributed by atoms with Gasteiger partial charge in [-0.2, -0.15) is 4.36 Å². The molecule has 0 N–H and O–H groups in total. The van der Waals surface area contributed by atoms with Crippen LogP contribution in [0.1, 0.15) is 27.0 Å². The standard InChI is InChI=1S/C23H20N2O3S/c1-17-7-4-5-8-19(17)12-11-18-13-20(16-24-15-18)23(26)25-29(3,27)22-10-6-9-21(14-22)28-2/h4-10,13-16H,1-3H3. The van der Waals surface area contributed by atoms with Crippen LogP contribution in [-0.2, 0) is 9.73 Å². The van der Waals surface area contributed by atoms with E-state index in [1.807, 2.05) is 31.2 Å². The summed E-state index contributed by atoms with van der Waals surface area (Å²) < 4.78 is 22.1. The van der Waals surface area contributed by atoms with E-state index in [4.69, 9.17) is 4.74 Å². The molecular formula is C23H20N2O3S. The lowest BCUT2D eigenvalue weighted by atomic mass is 10.1. The van der Waals surface area contributed by atoms with Crippen molar-refractivity contribution in [3.05, 3.63) is 89.2 Å². The Labute approximate surface area is 171 Å². The van der Waals surface area contributed by atoms with Gasteiger partial charge >= 0.3 is 0 Å². The van der Waals surface area contributed by atoms with Crippen molar-refractivity contribution in [3.63, 3.8) is 0 Å². The zero-order valence-electron chi connectivity index (χ0n) is 16.4. The summed E-state index contributed by atoms with van der Waals surface area (Å²) in [5.41, 5.74) is 2.79. The molecule has 29 heavy (non-hydrogen) atoms. The molecule has 0 spiro atoms. The first kappa shape index (κ1) is 20.3. The van der Waals surface area contributed by atoms with Crippen LogP contribution in [0.15, 0.2) is 76.2 Å². The van der Waals surface area contributed by atoms with Gasteiger partial charge in [-0.3, -0.25) is 9.78 Å². The van der Waals surface area contributed by atoms with Crippen LogP contribution in [0.3, 0.4) is 0 Å². The van der Waals surface area contributed by atoms with Gasteiger partial charge < -0.3 is 4.74 Å². The van der Waals surface area contributed by atoms with Crippen LogP contribution in [0.4, 0.5) is 0 Å². The Bertz CT molecular complexity index is 1250. The van der Waals surface area contributed by atoms with Gasteiger partial charge in [-0.15, -0.1) is 0 Å². The maximum Gasteiger partial charge on any atom is 0.286 e. The maximum absolute atomic E-state index is 13.0. The van der Waals surface area contributed by atoms with Crippen molar-refractivity contribution in [1.82, 2.24) is 4.98 Å².